The fourth-order valence-electron chi connectivity index (χ4n) is 2.95. The van der Waals surface area contributed by atoms with E-state index < -0.39 is 5.38 Å². The smallest absolute Gasteiger partial charge is 0.249 e. The third kappa shape index (κ3) is 3.39. The van der Waals surface area contributed by atoms with Crippen LogP contribution in [0.15, 0.2) is 28.8 Å². The number of carbonyl (C=O) groups is 1. The van der Waals surface area contributed by atoms with E-state index >= 15 is 0 Å². The molecule has 2 heterocycles. The number of rotatable bonds is 3. The minimum absolute atomic E-state index is 0.0772. The zero-order chi connectivity index (χ0) is 16.4. The number of benzene rings is 1. The summed E-state index contributed by atoms with van der Waals surface area (Å²) in [5.74, 6) is 0.971. The molecule has 1 amide bonds. The molecule has 0 bridgehead atoms. The van der Waals surface area contributed by atoms with Gasteiger partial charge in [0.25, 0.3) is 0 Å². The first-order valence-electron chi connectivity index (χ1n) is 7.91. The largest absolute Gasteiger partial charge is 0.337 e. The summed E-state index contributed by atoms with van der Waals surface area (Å²) >= 11 is 5.97. The molecule has 1 fully saturated rings. The molecule has 0 spiro atoms. The molecule has 0 unspecified atom stereocenters. The summed E-state index contributed by atoms with van der Waals surface area (Å²) < 4.78 is 5.46. The second kappa shape index (κ2) is 6.71. The molecular formula is C17H20ClN3O2. The van der Waals surface area contributed by atoms with Crippen LogP contribution in [-0.4, -0.2) is 32.9 Å². The Bertz CT molecular complexity index is 699. The number of likely N-dealkylation sites (tertiary alicyclic amines) is 1. The Balaban J connectivity index is 1.87. The van der Waals surface area contributed by atoms with Crippen LogP contribution < -0.4 is 0 Å². The number of hydrogen-bond donors (Lipinski definition) is 0. The zero-order valence-corrected chi connectivity index (χ0v) is 14.1. The molecule has 3 rings (SSSR count). The number of halogens is 1. The molecule has 0 N–H and O–H groups in total. The van der Waals surface area contributed by atoms with Gasteiger partial charge in [0.1, 0.15) is 11.4 Å². The lowest BCUT2D eigenvalue weighted by molar-refractivity contribution is -0.135. The molecule has 0 radical (unpaired) electrons. The van der Waals surface area contributed by atoms with E-state index in [1.807, 2.05) is 31.2 Å². The topological polar surface area (TPSA) is 59.2 Å². The van der Waals surface area contributed by atoms with Crippen LogP contribution in [0.4, 0.5) is 0 Å². The maximum absolute atomic E-state index is 12.3. The Labute approximate surface area is 140 Å². The van der Waals surface area contributed by atoms with Crippen molar-refractivity contribution in [1.29, 1.82) is 0 Å². The molecule has 1 aliphatic heterocycles. The summed E-state index contributed by atoms with van der Waals surface area (Å²) in [5, 5.41) is 3.54. The second-order valence-corrected chi connectivity index (χ2v) is 6.64. The number of aromatic nitrogens is 2. The van der Waals surface area contributed by atoms with Gasteiger partial charge in [0.2, 0.25) is 17.6 Å². The summed E-state index contributed by atoms with van der Waals surface area (Å²) in [4.78, 5) is 18.6. The van der Waals surface area contributed by atoms with Crippen molar-refractivity contribution in [2.75, 3.05) is 6.54 Å². The standard InChI is InChI=1S/C17H20ClN3O2/c1-11-6-5-7-13(10-11)15-19-16(23-20-15)14-8-3-4-9-21(14)17(22)12(2)18/h5-7,10,12,14H,3-4,8-9H2,1-2H3/t12-,14+/m0/s1. The van der Waals surface area contributed by atoms with E-state index in [4.69, 9.17) is 16.1 Å². The SMILES string of the molecule is Cc1cccc(-c2noc([C@H]3CCCCN3C(=O)[C@H](C)Cl)n2)c1. The Kier molecular flexibility index (Phi) is 4.66. The average molecular weight is 334 g/mol. The van der Waals surface area contributed by atoms with E-state index in [9.17, 15) is 4.79 Å². The lowest BCUT2D eigenvalue weighted by Gasteiger charge is -2.34. The number of alkyl halides is 1. The van der Waals surface area contributed by atoms with Gasteiger partial charge in [0, 0.05) is 12.1 Å². The van der Waals surface area contributed by atoms with Crippen LogP contribution in [0.3, 0.4) is 0 Å². The van der Waals surface area contributed by atoms with Crippen LogP contribution in [0.1, 0.15) is 43.7 Å². The van der Waals surface area contributed by atoms with Gasteiger partial charge in [-0.25, -0.2) is 0 Å². The van der Waals surface area contributed by atoms with Gasteiger partial charge in [-0.1, -0.05) is 28.9 Å². The second-order valence-electron chi connectivity index (χ2n) is 5.98. The van der Waals surface area contributed by atoms with Gasteiger partial charge < -0.3 is 9.42 Å². The first-order chi connectivity index (χ1) is 11.1. The molecule has 0 saturated carbocycles. The monoisotopic (exact) mass is 333 g/mol. The Morgan fingerprint density at radius 1 is 1.43 bits per heavy atom. The van der Waals surface area contributed by atoms with E-state index in [2.05, 4.69) is 10.1 Å². The third-order valence-corrected chi connectivity index (χ3v) is 4.32. The predicted octanol–water partition coefficient (Wildman–Crippen LogP) is 3.73. The average Bonchev–Trinajstić information content (AvgIpc) is 3.04. The minimum atomic E-state index is -0.547. The van der Waals surface area contributed by atoms with Crippen LogP contribution in [0.5, 0.6) is 0 Å². The molecule has 1 aromatic heterocycles. The highest BCUT2D eigenvalue weighted by molar-refractivity contribution is 6.30. The van der Waals surface area contributed by atoms with Crippen molar-refractivity contribution < 1.29 is 9.32 Å². The first kappa shape index (κ1) is 16.0. The lowest BCUT2D eigenvalue weighted by Crippen LogP contribution is -2.41. The van der Waals surface area contributed by atoms with Crippen molar-refractivity contribution in [2.24, 2.45) is 0 Å². The van der Waals surface area contributed by atoms with E-state index in [1.54, 1.807) is 11.8 Å². The number of hydrogen-bond acceptors (Lipinski definition) is 4. The fraction of sp³-hybridized carbons (Fsp3) is 0.471. The quantitative estimate of drug-likeness (QED) is 0.803. The maximum atomic E-state index is 12.3. The highest BCUT2D eigenvalue weighted by Crippen LogP contribution is 2.32. The van der Waals surface area contributed by atoms with Gasteiger partial charge in [-0.15, -0.1) is 11.6 Å². The predicted molar refractivity (Wildman–Crippen MR) is 88.1 cm³/mol. The van der Waals surface area contributed by atoms with Crippen LogP contribution in [0.25, 0.3) is 11.4 Å². The summed E-state index contributed by atoms with van der Waals surface area (Å²) in [6.45, 7) is 4.40. The van der Waals surface area contributed by atoms with Gasteiger partial charge in [0.15, 0.2) is 0 Å². The van der Waals surface area contributed by atoms with Gasteiger partial charge in [0.05, 0.1) is 0 Å². The van der Waals surface area contributed by atoms with E-state index in [0.717, 1.165) is 30.4 Å². The summed E-state index contributed by atoms with van der Waals surface area (Å²) in [6.07, 6.45) is 2.84. The summed E-state index contributed by atoms with van der Waals surface area (Å²) in [6, 6.07) is 7.77. The Morgan fingerprint density at radius 3 is 3.00 bits per heavy atom. The van der Waals surface area contributed by atoms with Gasteiger partial charge in [-0.05, 0) is 39.2 Å². The van der Waals surface area contributed by atoms with Crippen molar-refractivity contribution in [3.05, 3.63) is 35.7 Å². The van der Waals surface area contributed by atoms with Crippen LogP contribution in [0, 0.1) is 6.92 Å². The van der Waals surface area contributed by atoms with Crippen LogP contribution in [0.2, 0.25) is 0 Å². The van der Waals surface area contributed by atoms with E-state index in [1.165, 1.54) is 0 Å². The van der Waals surface area contributed by atoms with Crippen molar-refractivity contribution in [2.45, 2.75) is 44.5 Å². The normalized spacial score (nSPS) is 19.6. The zero-order valence-electron chi connectivity index (χ0n) is 13.3. The van der Waals surface area contributed by atoms with Crippen LogP contribution in [-0.2, 0) is 4.79 Å². The molecule has 2 atom stereocenters. The van der Waals surface area contributed by atoms with Gasteiger partial charge in [-0.3, -0.25) is 4.79 Å². The Morgan fingerprint density at radius 2 is 2.26 bits per heavy atom. The number of nitrogens with zero attached hydrogens (tertiary/aromatic N) is 3. The molecule has 1 saturated heterocycles. The molecular weight excluding hydrogens is 314 g/mol. The van der Waals surface area contributed by atoms with Crippen molar-refractivity contribution >= 4 is 17.5 Å². The lowest BCUT2D eigenvalue weighted by atomic mass is 10.0. The Hall–Kier alpha value is -1.88. The van der Waals surface area contributed by atoms with Crippen molar-refractivity contribution in [1.82, 2.24) is 15.0 Å². The number of carbonyl (C=O) groups excluding carboxylic acids is 1. The molecule has 122 valence electrons. The third-order valence-electron chi connectivity index (χ3n) is 4.13. The molecule has 6 heteroatoms. The first-order valence-corrected chi connectivity index (χ1v) is 8.35. The molecule has 1 aromatic carbocycles. The molecule has 1 aliphatic rings. The molecule has 2 aromatic rings. The van der Waals surface area contributed by atoms with E-state index in [0.29, 0.717) is 18.3 Å². The highest BCUT2D eigenvalue weighted by atomic mass is 35.5. The minimum Gasteiger partial charge on any atom is -0.337 e. The van der Waals surface area contributed by atoms with Gasteiger partial charge >= 0.3 is 0 Å². The van der Waals surface area contributed by atoms with Crippen LogP contribution >= 0.6 is 11.6 Å². The number of amides is 1. The summed E-state index contributed by atoms with van der Waals surface area (Å²) in [7, 11) is 0. The molecule has 23 heavy (non-hydrogen) atoms. The maximum Gasteiger partial charge on any atom is 0.249 e. The number of aryl methyl sites for hydroxylation is 1. The number of piperidine rings is 1. The molecule has 5 nitrogen and oxygen atoms in total. The highest BCUT2D eigenvalue weighted by Gasteiger charge is 2.33. The van der Waals surface area contributed by atoms with E-state index in [-0.39, 0.29) is 11.9 Å². The van der Waals surface area contributed by atoms with Crippen molar-refractivity contribution in [3.63, 3.8) is 0 Å². The fourth-order valence-corrected chi connectivity index (χ4v) is 3.08. The molecule has 0 aliphatic carbocycles. The van der Waals surface area contributed by atoms with Crippen molar-refractivity contribution in [3.8, 4) is 11.4 Å². The van der Waals surface area contributed by atoms with Gasteiger partial charge in [-0.2, -0.15) is 4.98 Å². The summed E-state index contributed by atoms with van der Waals surface area (Å²) in [5.41, 5.74) is 2.05.